The van der Waals surface area contributed by atoms with Gasteiger partial charge >= 0.3 is 5.97 Å². The third-order valence-corrected chi connectivity index (χ3v) is 3.55. The average Bonchev–Trinajstić information content (AvgIpc) is 2.84. The Morgan fingerprint density at radius 3 is 2.57 bits per heavy atom. The third kappa shape index (κ3) is 5.06. The minimum absolute atomic E-state index is 0.143. The van der Waals surface area contributed by atoms with Crippen LogP contribution in [0.1, 0.15) is 53.9 Å². The summed E-state index contributed by atoms with van der Waals surface area (Å²) >= 11 is 0. The molecule has 0 saturated heterocycles. The Kier molecular flexibility index (Phi) is 6.23. The Labute approximate surface area is 126 Å². The van der Waals surface area contributed by atoms with Gasteiger partial charge in [-0.25, -0.2) is 0 Å². The molecule has 7 nitrogen and oxygen atoms in total. The maximum absolute atomic E-state index is 12.0. The van der Waals surface area contributed by atoms with Gasteiger partial charge in [-0.05, 0) is 47.5 Å². The fourth-order valence-corrected chi connectivity index (χ4v) is 2.51. The summed E-state index contributed by atoms with van der Waals surface area (Å²) in [6.45, 7) is 10.4. The highest BCUT2D eigenvalue weighted by Crippen LogP contribution is 2.29. The van der Waals surface area contributed by atoms with E-state index >= 15 is 0 Å². The molecule has 1 aliphatic carbocycles. The lowest BCUT2D eigenvalue weighted by atomic mass is 10.1. The molecular weight excluding hydrogens is 274 g/mol. The number of rotatable bonds is 6. The molecule has 21 heavy (non-hydrogen) atoms. The zero-order chi connectivity index (χ0) is 16.0. The van der Waals surface area contributed by atoms with Crippen molar-refractivity contribution in [3.05, 3.63) is 5.21 Å². The van der Waals surface area contributed by atoms with Gasteiger partial charge in [0.05, 0.1) is 29.6 Å². The molecule has 7 heteroatoms. The molecule has 0 aromatic rings. The van der Waals surface area contributed by atoms with Crippen LogP contribution < -0.4 is 0 Å². The number of ether oxygens (including phenoxy) is 1. The lowest BCUT2D eigenvalue weighted by Crippen LogP contribution is -2.45. The molecule has 0 N–H and O–H groups in total. The quantitative estimate of drug-likeness (QED) is 0.326. The molecule has 0 aromatic carbocycles. The maximum atomic E-state index is 12.0. The van der Waals surface area contributed by atoms with Crippen molar-refractivity contribution in [3.63, 3.8) is 0 Å². The van der Waals surface area contributed by atoms with E-state index in [1.165, 1.54) is 0 Å². The molecule has 0 unspecified atom stereocenters. The molecule has 0 heterocycles. The molecule has 0 amide bonds. The smallest absolute Gasteiger partial charge is 0.309 e. The monoisotopic (exact) mass is 301 g/mol. The highest BCUT2D eigenvalue weighted by Gasteiger charge is 2.33. The minimum atomic E-state index is -0.327. The second kappa shape index (κ2) is 7.47. The summed E-state index contributed by atoms with van der Waals surface area (Å²) in [5.74, 6) is -0.331. The maximum Gasteiger partial charge on any atom is 0.309 e. The second-order valence-electron chi connectivity index (χ2n) is 6.21. The van der Waals surface area contributed by atoms with Crippen LogP contribution in [0.15, 0.2) is 5.28 Å². The summed E-state index contributed by atoms with van der Waals surface area (Å²) in [6.07, 6.45) is 1.78. The predicted octanol–water partition coefficient (Wildman–Crippen LogP) is 2.65. The van der Waals surface area contributed by atoms with E-state index in [-0.39, 0.29) is 23.5 Å². The fourth-order valence-electron chi connectivity index (χ4n) is 2.51. The van der Waals surface area contributed by atoms with E-state index in [0.717, 1.165) is 0 Å². The van der Waals surface area contributed by atoms with Crippen molar-refractivity contribution < 1.29 is 19.3 Å². The molecular formula is C14H27N3O4. The van der Waals surface area contributed by atoms with Crippen LogP contribution in [0.5, 0.6) is 0 Å². The van der Waals surface area contributed by atoms with Crippen LogP contribution in [0.3, 0.4) is 0 Å². The summed E-state index contributed by atoms with van der Waals surface area (Å²) in [7, 11) is 0. The molecule has 2 atom stereocenters. The normalized spacial score (nSPS) is 23.0. The zero-order valence-electron chi connectivity index (χ0n) is 13.7. The van der Waals surface area contributed by atoms with Crippen molar-refractivity contribution in [2.24, 2.45) is 11.2 Å². The van der Waals surface area contributed by atoms with E-state index in [9.17, 15) is 10.0 Å². The van der Waals surface area contributed by atoms with Crippen molar-refractivity contribution in [3.8, 4) is 0 Å². The largest absolute Gasteiger partial charge is 0.569 e. The first-order chi connectivity index (χ1) is 9.79. The Morgan fingerprint density at radius 2 is 2.05 bits per heavy atom. The molecule has 1 aliphatic rings. The number of hydrogen-bond acceptors (Lipinski definition) is 5. The standard InChI is InChI=1S/C14H27N3O4/c1-6-16(14(3,4)5)17(19)15-21-12-9-8-11(10-12)13(18)20-7-2/h11-12H,6-10H2,1-5H3/b17-15-/t11-,12-/m1/s1. The Balaban J connectivity index is 2.52. The number of hydrazine groups is 1. The summed E-state index contributed by atoms with van der Waals surface area (Å²) in [4.78, 5) is 17.4. The molecule has 0 aromatic heterocycles. The number of carbonyl (C=O) groups is 1. The summed E-state index contributed by atoms with van der Waals surface area (Å²) in [5, 5.41) is 17.2. The number of nitrogens with zero attached hydrogens (tertiary/aromatic N) is 3. The highest BCUT2D eigenvalue weighted by molar-refractivity contribution is 5.72. The van der Waals surface area contributed by atoms with Gasteiger partial charge in [-0.3, -0.25) is 4.79 Å². The minimum Gasteiger partial charge on any atom is -0.569 e. The van der Waals surface area contributed by atoms with E-state index in [4.69, 9.17) is 9.57 Å². The summed E-state index contributed by atoms with van der Waals surface area (Å²) in [6, 6.07) is 0. The van der Waals surface area contributed by atoms with Gasteiger partial charge in [-0.15, -0.1) is 5.01 Å². The average molecular weight is 301 g/mol. The van der Waals surface area contributed by atoms with Gasteiger partial charge in [-0.2, -0.15) is 0 Å². The fraction of sp³-hybridized carbons (Fsp3) is 0.929. The van der Waals surface area contributed by atoms with Gasteiger partial charge in [0.15, 0.2) is 0 Å². The van der Waals surface area contributed by atoms with Crippen LogP contribution in [-0.4, -0.2) is 40.7 Å². The van der Waals surface area contributed by atoms with Crippen molar-refractivity contribution in [1.82, 2.24) is 5.01 Å². The first-order valence-electron chi connectivity index (χ1n) is 7.57. The summed E-state index contributed by atoms with van der Waals surface area (Å²) < 4.78 is 4.99. The van der Waals surface area contributed by atoms with Crippen LogP contribution in [-0.2, 0) is 14.4 Å². The van der Waals surface area contributed by atoms with Crippen LogP contribution >= 0.6 is 0 Å². The number of hydrogen-bond donors (Lipinski definition) is 0. The van der Waals surface area contributed by atoms with E-state index in [1.54, 1.807) is 11.9 Å². The Hall–Kier alpha value is -1.53. The molecule has 0 radical (unpaired) electrons. The van der Waals surface area contributed by atoms with Crippen molar-refractivity contribution >= 4 is 5.97 Å². The molecule has 122 valence electrons. The van der Waals surface area contributed by atoms with Crippen LogP contribution in [0.4, 0.5) is 0 Å². The van der Waals surface area contributed by atoms with E-state index < -0.39 is 0 Å². The SMILES string of the molecule is CCOC(=O)[C@@H]1CC[C@@H](O/N=[N+](\[O-])N(CC)C(C)(C)C)C1. The van der Waals surface area contributed by atoms with Crippen LogP contribution in [0.25, 0.3) is 0 Å². The van der Waals surface area contributed by atoms with Crippen molar-refractivity contribution in [1.29, 1.82) is 0 Å². The van der Waals surface area contributed by atoms with E-state index in [2.05, 4.69) is 5.28 Å². The molecule has 0 spiro atoms. The topological polar surface area (TPSA) is 77.2 Å². The van der Waals surface area contributed by atoms with Gasteiger partial charge in [0, 0.05) is 6.42 Å². The molecule has 0 aliphatic heterocycles. The van der Waals surface area contributed by atoms with E-state index in [0.29, 0.717) is 37.4 Å². The third-order valence-electron chi connectivity index (χ3n) is 3.55. The predicted molar refractivity (Wildman–Crippen MR) is 77.0 cm³/mol. The van der Waals surface area contributed by atoms with Gasteiger partial charge in [0.25, 0.3) is 0 Å². The van der Waals surface area contributed by atoms with Gasteiger partial charge in [-0.1, -0.05) is 0 Å². The molecule has 1 fully saturated rings. The number of carbonyl (C=O) groups excluding carboxylic acids is 1. The lowest BCUT2D eigenvalue weighted by molar-refractivity contribution is -0.725. The van der Waals surface area contributed by atoms with Crippen LogP contribution in [0.2, 0.25) is 0 Å². The molecule has 1 saturated carbocycles. The lowest BCUT2D eigenvalue weighted by Gasteiger charge is -2.29. The van der Waals surface area contributed by atoms with Crippen molar-refractivity contribution in [2.45, 2.75) is 65.5 Å². The number of esters is 1. The first-order valence-corrected chi connectivity index (χ1v) is 7.57. The molecule has 0 bridgehead atoms. The highest BCUT2D eigenvalue weighted by atomic mass is 16.7. The Bertz CT molecular complexity index is 379. The zero-order valence-corrected chi connectivity index (χ0v) is 13.7. The molecule has 1 rings (SSSR count). The van der Waals surface area contributed by atoms with Gasteiger partial charge in [0.2, 0.25) is 5.28 Å². The van der Waals surface area contributed by atoms with Crippen molar-refractivity contribution in [2.75, 3.05) is 13.2 Å². The van der Waals surface area contributed by atoms with Gasteiger partial charge in [0.1, 0.15) is 6.10 Å². The Morgan fingerprint density at radius 1 is 1.38 bits per heavy atom. The summed E-state index contributed by atoms with van der Waals surface area (Å²) in [5.41, 5.74) is -0.327. The van der Waals surface area contributed by atoms with Crippen LogP contribution in [0, 0.1) is 11.1 Å². The second-order valence-corrected chi connectivity index (χ2v) is 6.21. The van der Waals surface area contributed by atoms with E-state index in [1.807, 2.05) is 27.7 Å². The first kappa shape index (κ1) is 17.5. The van der Waals surface area contributed by atoms with Gasteiger partial charge < -0.3 is 14.8 Å².